The molecule has 10 nitrogen and oxygen atoms in total. The smallest absolute Gasteiger partial charge is 0.238 e. The molecule has 0 aliphatic carbocycles. The summed E-state index contributed by atoms with van der Waals surface area (Å²) in [6.07, 6.45) is 2.30. The average Bonchev–Trinajstić information content (AvgIpc) is 2.78. The Morgan fingerprint density at radius 1 is 1.00 bits per heavy atom. The molecule has 1 fully saturated rings. The summed E-state index contributed by atoms with van der Waals surface area (Å²) in [5.41, 5.74) is 1.47. The van der Waals surface area contributed by atoms with Gasteiger partial charge in [-0.2, -0.15) is 0 Å². The van der Waals surface area contributed by atoms with Crippen molar-refractivity contribution in [2.75, 3.05) is 55.5 Å². The lowest BCUT2D eigenvalue weighted by molar-refractivity contribution is -0.121. The van der Waals surface area contributed by atoms with Gasteiger partial charge < -0.3 is 20.1 Å². The monoisotopic (exact) mass is 490 g/mol. The maximum absolute atomic E-state index is 12.7. The number of ether oxygens (including phenoxy) is 2. The van der Waals surface area contributed by atoms with Crippen LogP contribution in [0.1, 0.15) is 12.8 Å². The predicted molar refractivity (Wildman–Crippen MR) is 131 cm³/mol. The van der Waals surface area contributed by atoms with E-state index < -0.39 is 10.0 Å². The first-order valence-corrected chi connectivity index (χ1v) is 12.7. The van der Waals surface area contributed by atoms with Crippen LogP contribution in [0.15, 0.2) is 42.5 Å². The van der Waals surface area contributed by atoms with E-state index in [1.54, 1.807) is 49.6 Å². The van der Waals surface area contributed by atoms with Crippen LogP contribution < -0.4 is 24.8 Å². The van der Waals surface area contributed by atoms with E-state index in [4.69, 9.17) is 9.47 Å². The topological polar surface area (TPSA) is 126 Å². The van der Waals surface area contributed by atoms with Crippen LogP contribution in [-0.2, 0) is 19.6 Å². The molecule has 2 amide bonds. The predicted octanol–water partition coefficient (Wildman–Crippen LogP) is 2.36. The Morgan fingerprint density at radius 2 is 1.71 bits per heavy atom. The van der Waals surface area contributed by atoms with E-state index in [1.807, 2.05) is 4.90 Å². The summed E-state index contributed by atoms with van der Waals surface area (Å²) in [6, 6.07) is 11.7. The number of methoxy groups -OCH3 is 2. The molecule has 1 aliphatic heterocycles. The minimum Gasteiger partial charge on any atom is -0.497 e. The number of benzene rings is 2. The van der Waals surface area contributed by atoms with Crippen molar-refractivity contribution in [2.24, 2.45) is 5.92 Å². The van der Waals surface area contributed by atoms with Crippen molar-refractivity contribution in [3.05, 3.63) is 42.5 Å². The van der Waals surface area contributed by atoms with Gasteiger partial charge in [0.2, 0.25) is 21.8 Å². The molecule has 0 atom stereocenters. The largest absolute Gasteiger partial charge is 0.497 e. The highest BCUT2D eigenvalue weighted by Gasteiger charge is 2.26. The summed E-state index contributed by atoms with van der Waals surface area (Å²) >= 11 is 0. The summed E-state index contributed by atoms with van der Waals surface area (Å²) in [5, 5.41) is 5.71. The summed E-state index contributed by atoms with van der Waals surface area (Å²) in [4.78, 5) is 27.2. The maximum Gasteiger partial charge on any atom is 0.238 e. The van der Waals surface area contributed by atoms with Crippen LogP contribution in [-0.4, -0.2) is 65.2 Å². The van der Waals surface area contributed by atoms with Gasteiger partial charge in [-0.25, -0.2) is 8.42 Å². The first kappa shape index (κ1) is 25.3. The van der Waals surface area contributed by atoms with Crippen LogP contribution in [0.5, 0.6) is 11.5 Å². The zero-order valence-corrected chi connectivity index (χ0v) is 20.3. The Kier molecular flexibility index (Phi) is 8.35. The van der Waals surface area contributed by atoms with Gasteiger partial charge in [-0.05, 0) is 56.3 Å². The van der Waals surface area contributed by atoms with Crippen LogP contribution in [0.25, 0.3) is 0 Å². The number of rotatable bonds is 9. The summed E-state index contributed by atoms with van der Waals surface area (Å²) < 4.78 is 35.7. The molecule has 3 N–H and O–H groups in total. The first-order chi connectivity index (χ1) is 16.2. The summed E-state index contributed by atoms with van der Waals surface area (Å²) in [5.74, 6) is 0.671. The quantitative estimate of drug-likeness (QED) is 0.493. The van der Waals surface area contributed by atoms with Crippen molar-refractivity contribution < 1.29 is 27.5 Å². The van der Waals surface area contributed by atoms with Crippen molar-refractivity contribution in [2.45, 2.75) is 12.8 Å². The molecule has 3 rings (SSSR count). The zero-order valence-electron chi connectivity index (χ0n) is 19.5. The Balaban J connectivity index is 1.48. The zero-order chi connectivity index (χ0) is 24.7. The number of carbonyl (C=O) groups excluding carboxylic acids is 2. The van der Waals surface area contributed by atoms with Gasteiger partial charge in [0.1, 0.15) is 11.5 Å². The van der Waals surface area contributed by atoms with E-state index in [9.17, 15) is 18.0 Å². The molecule has 0 unspecified atom stereocenters. The third kappa shape index (κ3) is 7.35. The molecule has 0 saturated carbocycles. The number of likely N-dealkylation sites (tertiary alicyclic amines) is 1. The normalized spacial score (nSPS) is 14.8. The van der Waals surface area contributed by atoms with Gasteiger partial charge in [-0.1, -0.05) is 6.07 Å². The molecule has 34 heavy (non-hydrogen) atoms. The number of piperidine rings is 1. The average molecular weight is 491 g/mol. The lowest BCUT2D eigenvalue weighted by Gasteiger charge is -2.30. The fourth-order valence-electron chi connectivity index (χ4n) is 3.77. The minimum absolute atomic E-state index is 0.122. The number of nitrogens with zero attached hydrogens (tertiary/aromatic N) is 1. The lowest BCUT2D eigenvalue weighted by atomic mass is 9.95. The van der Waals surface area contributed by atoms with Crippen molar-refractivity contribution in [1.82, 2.24) is 4.90 Å². The molecule has 0 aromatic heterocycles. The van der Waals surface area contributed by atoms with Gasteiger partial charge in [-0.15, -0.1) is 0 Å². The van der Waals surface area contributed by atoms with Crippen LogP contribution in [0, 0.1) is 5.92 Å². The number of amides is 2. The van der Waals surface area contributed by atoms with E-state index in [1.165, 1.54) is 7.11 Å². The van der Waals surface area contributed by atoms with Gasteiger partial charge in [0.05, 0.1) is 38.4 Å². The number of nitrogens with one attached hydrogen (secondary N) is 3. The number of hydrogen-bond acceptors (Lipinski definition) is 7. The second kappa shape index (κ2) is 11.2. The van der Waals surface area contributed by atoms with Gasteiger partial charge in [-0.3, -0.25) is 19.2 Å². The molecule has 0 radical (unpaired) electrons. The Morgan fingerprint density at radius 3 is 2.35 bits per heavy atom. The van der Waals surface area contributed by atoms with Crippen molar-refractivity contribution >= 4 is 38.9 Å². The lowest BCUT2D eigenvalue weighted by Crippen LogP contribution is -2.41. The van der Waals surface area contributed by atoms with Crippen LogP contribution in [0.2, 0.25) is 0 Å². The Hall–Kier alpha value is -3.31. The molecule has 0 bridgehead atoms. The third-order valence-electron chi connectivity index (χ3n) is 5.44. The number of sulfonamides is 1. The van der Waals surface area contributed by atoms with E-state index in [0.29, 0.717) is 54.5 Å². The second-order valence-electron chi connectivity index (χ2n) is 8.11. The van der Waals surface area contributed by atoms with Crippen LogP contribution in [0.4, 0.5) is 17.1 Å². The highest BCUT2D eigenvalue weighted by molar-refractivity contribution is 7.92. The van der Waals surface area contributed by atoms with Gasteiger partial charge >= 0.3 is 0 Å². The molecule has 1 aliphatic rings. The van der Waals surface area contributed by atoms with Crippen molar-refractivity contribution in [1.29, 1.82) is 0 Å². The molecule has 2 aromatic carbocycles. The second-order valence-corrected chi connectivity index (χ2v) is 9.86. The molecule has 0 spiro atoms. The highest BCUT2D eigenvalue weighted by atomic mass is 32.2. The Labute approximate surface area is 199 Å². The van der Waals surface area contributed by atoms with E-state index >= 15 is 0 Å². The van der Waals surface area contributed by atoms with Gasteiger partial charge in [0.25, 0.3) is 0 Å². The molecule has 1 saturated heterocycles. The molecule has 1 heterocycles. The molecular weight excluding hydrogens is 460 g/mol. The molecule has 11 heteroatoms. The third-order valence-corrected chi connectivity index (χ3v) is 6.05. The first-order valence-electron chi connectivity index (χ1n) is 10.8. The summed E-state index contributed by atoms with van der Waals surface area (Å²) in [6.45, 7) is 1.44. The van der Waals surface area contributed by atoms with E-state index in [-0.39, 0.29) is 24.3 Å². The standard InChI is InChI=1S/C23H30N4O6S/c1-32-19-7-8-20(21(14-19)33-2)25-22(28)15-27-11-9-16(10-12-27)23(29)24-17-5-4-6-18(13-17)26-34(3,30)31/h4-8,13-14,16,26H,9-12,15H2,1-3H3,(H,24,29)(H,25,28). The van der Waals surface area contributed by atoms with Crippen LogP contribution in [0.3, 0.4) is 0 Å². The Bertz CT molecular complexity index is 1130. The summed E-state index contributed by atoms with van der Waals surface area (Å²) in [7, 11) is -0.313. The minimum atomic E-state index is -3.40. The fraction of sp³-hybridized carbons (Fsp3) is 0.391. The molecular formula is C23H30N4O6S. The van der Waals surface area contributed by atoms with E-state index in [0.717, 1.165) is 6.26 Å². The number of anilines is 3. The van der Waals surface area contributed by atoms with Crippen molar-refractivity contribution in [3.63, 3.8) is 0 Å². The molecule has 184 valence electrons. The highest BCUT2D eigenvalue weighted by Crippen LogP contribution is 2.29. The van der Waals surface area contributed by atoms with Gasteiger partial charge in [0.15, 0.2) is 0 Å². The fourth-order valence-corrected chi connectivity index (χ4v) is 4.32. The van der Waals surface area contributed by atoms with E-state index in [2.05, 4.69) is 15.4 Å². The van der Waals surface area contributed by atoms with Crippen molar-refractivity contribution in [3.8, 4) is 11.5 Å². The number of carbonyl (C=O) groups is 2. The molecule has 2 aromatic rings. The number of hydrogen-bond donors (Lipinski definition) is 3. The van der Waals surface area contributed by atoms with Gasteiger partial charge in [0, 0.05) is 17.7 Å². The maximum atomic E-state index is 12.7. The van der Waals surface area contributed by atoms with Crippen LogP contribution >= 0.6 is 0 Å². The SMILES string of the molecule is COc1ccc(NC(=O)CN2CCC(C(=O)Nc3cccc(NS(C)(=O)=O)c3)CC2)c(OC)c1.